The van der Waals surface area contributed by atoms with Crippen molar-refractivity contribution in [1.82, 2.24) is 10.9 Å². The Morgan fingerprint density at radius 3 is 2.15 bits per heavy atom. The van der Waals surface area contributed by atoms with Gasteiger partial charge in [-0.3, -0.25) is 0 Å². The Hall–Kier alpha value is -2.28. The van der Waals surface area contributed by atoms with Gasteiger partial charge in [-0.2, -0.15) is 10.2 Å². The zero-order valence-corrected chi connectivity index (χ0v) is 10.2. The fourth-order valence-electron chi connectivity index (χ4n) is 0.946. The molecule has 4 amide bonds. The van der Waals surface area contributed by atoms with E-state index in [1.165, 1.54) is 0 Å². The van der Waals surface area contributed by atoms with Crippen molar-refractivity contribution >= 4 is 24.0 Å². The van der Waals surface area contributed by atoms with Gasteiger partial charge < -0.3 is 31.9 Å². The maximum absolute atomic E-state index is 10.5. The van der Waals surface area contributed by atoms with Gasteiger partial charge in [0.2, 0.25) is 0 Å². The number of nitrogens with zero attached hydrogens (tertiary/aromatic N) is 2. The van der Waals surface area contributed by atoms with Gasteiger partial charge in [0.05, 0.1) is 12.8 Å². The lowest BCUT2D eigenvalue weighted by Gasteiger charge is -2.21. The molecule has 0 unspecified atom stereocenters. The molecule has 20 heavy (non-hydrogen) atoms. The number of rotatable bonds is 7. The van der Waals surface area contributed by atoms with E-state index in [0.717, 1.165) is 6.21 Å². The van der Waals surface area contributed by atoms with Crippen molar-refractivity contribution in [2.75, 3.05) is 6.61 Å². The third-order valence-corrected chi connectivity index (χ3v) is 1.87. The van der Waals surface area contributed by atoms with Gasteiger partial charge in [0.25, 0.3) is 0 Å². The first kappa shape index (κ1) is 17.7. The van der Waals surface area contributed by atoms with Crippen LogP contribution >= 0.6 is 0 Å². The Morgan fingerprint density at radius 1 is 1.15 bits per heavy atom. The van der Waals surface area contributed by atoms with E-state index in [2.05, 4.69) is 10.2 Å². The number of hydrogen-bond donors (Lipinski definition) is 8. The summed E-state index contributed by atoms with van der Waals surface area (Å²) in [6, 6.07) is -2.07. The largest absolute Gasteiger partial charge is 0.394 e. The summed E-state index contributed by atoms with van der Waals surface area (Å²) in [6.45, 7) is -0.828. The molecule has 0 saturated carbocycles. The quantitative estimate of drug-likeness (QED) is 0.171. The molecule has 10 N–H and O–H groups in total. The summed E-state index contributed by atoms with van der Waals surface area (Å²) in [5, 5.41) is 43.5. The highest BCUT2D eigenvalue weighted by Crippen LogP contribution is 2.01. The highest BCUT2D eigenvalue weighted by molar-refractivity contribution is 6.32. The predicted molar refractivity (Wildman–Crippen MR) is 66.5 cm³/mol. The highest BCUT2D eigenvalue weighted by atomic mass is 16.4. The van der Waals surface area contributed by atoms with E-state index in [1.54, 1.807) is 10.9 Å². The first-order valence-electron chi connectivity index (χ1n) is 5.16. The number of primary amides is 2. The Balaban J connectivity index is 5.00. The van der Waals surface area contributed by atoms with Crippen molar-refractivity contribution in [2.24, 2.45) is 21.7 Å². The summed E-state index contributed by atoms with van der Waals surface area (Å²) in [5.74, 6) is 0. The van der Waals surface area contributed by atoms with Crippen LogP contribution in [0.15, 0.2) is 10.2 Å². The van der Waals surface area contributed by atoms with Crippen molar-refractivity contribution in [3.05, 3.63) is 0 Å². The number of carbonyl (C=O) groups is 2. The highest BCUT2D eigenvalue weighted by Gasteiger charge is 2.28. The zero-order chi connectivity index (χ0) is 15.7. The summed E-state index contributed by atoms with van der Waals surface area (Å²) in [7, 11) is 0. The van der Waals surface area contributed by atoms with E-state index in [0.29, 0.717) is 0 Å². The Kier molecular flexibility index (Phi) is 7.76. The molecule has 0 bridgehead atoms. The van der Waals surface area contributed by atoms with Gasteiger partial charge >= 0.3 is 12.1 Å². The maximum atomic E-state index is 10.5. The van der Waals surface area contributed by atoms with E-state index in [1.807, 2.05) is 0 Å². The lowest BCUT2D eigenvalue weighted by atomic mass is 10.0. The van der Waals surface area contributed by atoms with Gasteiger partial charge in [-0.15, -0.1) is 0 Å². The summed E-state index contributed by atoms with van der Waals surface area (Å²) >= 11 is 0. The van der Waals surface area contributed by atoms with Gasteiger partial charge in [0.15, 0.2) is 0 Å². The molecule has 114 valence electrons. The first-order valence-corrected chi connectivity index (χ1v) is 5.16. The minimum absolute atomic E-state index is 0.461. The molecule has 0 radical (unpaired) electrons. The van der Waals surface area contributed by atoms with E-state index in [4.69, 9.17) is 16.6 Å². The molecule has 0 aliphatic heterocycles. The van der Waals surface area contributed by atoms with Crippen molar-refractivity contribution in [1.29, 1.82) is 0 Å². The second-order valence-corrected chi connectivity index (χ2v) is 3.43. The summed E-state index contributed by atoms with van der Waals surface area (Å²) in [4.78, 5) is 20.9. The molecule has 12 heteroatoms. The van der Waals surface area contributed by atoms with Crippen LogP contribution < -0.4 is 22.3 Å². The van der Waals surface area contributed by atoms with Gasteiger partial charge in [-0.1, -0.05) is 0 Å². The lowest BCUT2D eigenvalue weighted by molar-refractivity contribution is -0.0549. The average Bonchev–Trinajstić information content (AvgIpc) is 2.39. The molecule has 0 fully saturated rings. The fourth-order valence-corrected chi connectivity index (χ4v) is 0.946. The Morgan fingerprint density at radius 2 is 1.70 bits per heavy atom. The van der Waals surface area contributed by atoms with Crippen LogP contribution in [-0.2, 0) is 0 Å². The minimum atomic E-state index is -1.83. The number of aliphatic hydroxyl groups is 4. The molecule has 0 aromatic rings. The standard InChI is InChI=1S/C8H16N6O6/c9-7(19)13-11-1-3(12-14-8(10)20)5(17)6(18)4(16)2-15/h1,4-6,15-18H,2H2,(H3,9,13,19)(H3,10,14,20)/b11-1+,12-3-/t4-,5+,6-/m1/s1. The van der Waals surface area contributed by atoms with Crippen molar-refractivity contribution in [3.63, 3.8) is 0 Å². The number of carbonyl (C=O) groups excluding carboxylic acids is 2. The number of aliphatic hydroxyl groups excluding tert-OH is 4. The van der Waals surface area contributed by atoms with Gasteiger partial charge in [-0.05, 0) is 0 Å². The molecule has 12 nitrogen and oxygen atoms in total. The topological polar surface area (TPSA) is 216 Å². The molecular formula is C8H16N6O6. The minimum Gasteiger partial charge on any atom is -0.394 e. The number of hydrazone groups is 2. The van der Waals surface area contributed by atoms with Gasteiger partial charge in [-0.25, -0.2) is 20.4 Å². The molecule has 3 atom stereocenters. The summed E-state index contributed by atoms with van der Waals surface area (Å²) in [5.41, 5.74) is 12.6. The Bertz CT molecular complexity index is 399. The van der Waals surface area contributed by atoms with E-state index in [9.17, 15) is 24.9 Å². The number of hydrogen-bond acceptors (Lipinski definition) is 8. The number of amides is 4. The Labute approximate surface area is 112 Å². The normalized spacial score (nSPS) is 16.5. The SMILES string of the molecule is NC(=O)N/N=C(/C=N/NC(N)=O)[C@H](O)[C@H](O)[C@H](O)CO. The third kappa shape index (κ3) is 6.60. The number of urea groups is 2. The molecule has 0 aromatic heterocycles. The third-order valence-electron chi connectivity index (χ3n) is 1.87. The predicted octanol–water partition coefficient (Wildman–Crippen LogP) is -4.26. The lowest BCUT2D eigenvalue weighted by Crippen LogP contribution is -2.45. The van der Waals surface area contributed by atoms with Crippen LogP contribution in [0.3, 0.4) is 0 Å². The fraction of sp³-hybridized carbons (Fsp3) is 0.500. The molecule has 0 heterocycles. The summed E-state index contributed by atoms with van der Waals surface area (Å²) in [6.07, 6.45) is -4.57. The van der Waals surface area contributed by atoms with Crippen molar-refractivity contribution in [3.8, 4) is 0 Å². The van der Waals surface area contributed by atoms with Crippen LogP contribution in [0, 0.1) is 0 Å². The van der Waals surface area contributed by atoms with Crippen molar-refractivity contribution in [2.45, 2.75) is 18.3 Å². The monoisotopic (exact) mass is 292 g/mol. The first-order chi connectivity index (χ1) is 9.29. The van der Waals surface area contributed by atoms with Crippen LogP contribution in [0.5, 0.6) is 0 Å². The molecule has 0 aliphatic rings. The maximum Gasteiger partial charge on any atom is 0.332 e. The molecule has 0 saturated heterocycles. The van der Waals surface area contributed by atoms with Gasteiger partial charge in [0.1, 0.15) is 24.0 Å². The average molecular weight is 292 g/mol. The zero-order valence-electron chi connectivity index (χ0n) is 10.2. The number of nitrogens with two attached hydrogens (primary N) is 2. The molecule has 0 spiro atoms. The van der Waals surface area contributed by atoms with Crippen LogP contribution in [-0.4, -0.2) is 69.3 Å². The van der Waals surface area contributed by atoms with Crippen LogP contribution in [0.1, 0.15) is 0 Å². The van der Waals surface area contributed by atoms with E-state index < -0.39 is 42.7 Å². The molecular weight excluding hydrogens is 276 g/mol. The molecule has 0 rings (SSSR count). The van der Waals surface area contributed by atoms with Crippen LogP contribution in [0.4, 0.5) is 9.59 Å². The molecule has 0 aromatic carbocycles. The van der Waals surface area contributed by atoms with E-state index in [-0.39, 0.29) is 0 Å². The summed E-state index contributed by atoms with van der Waals surface area (Å²) < 4.78 is 0. The second kappa shape index (κ2) is 8.76. The van der Waals surface area contributed by atoms with Crippen LogP contribution in [0.25, 0.3) is 0 Å². The van der Waals surface area contributed by atoms with Crippen LogP contribution in [0.2, 0.25) is 0 Å². The number of nitrogens with one attached hydrogen (secondary N) is 2. The van der Waals surface area contributed by atoms with Crippen molar-refractivity contribution < 1.29 is 30.0 Å². The van der Waals surface area contributed by atoms with E-state index >= 15 is 0 Å². The molecule has 0 aliphatic carbocycles. The van der Waals surface area contributed by atoms with Gasteiger partial charge in [0, 0.05) is 0 Å². The second-order valence-electron chi connectivity index (χ2n) is 3.43. The smallest absolute Gasteiger partial charge is 0.332 e.